The molecule has 1 aliphatic heterocycles. The maximum Gasteiger partial charge on any atom is 0.221 e. The minimum Gasteiger partial charge on any atom is -0.507 e. The SMILES string of the molecule is CC(=O)Nc1ccc(-c2cccc(-c3cncc(N4C=C(C)NCC4)c3)c2O)cc1F. The van der Waals surface area contributed by atoms with E-state index in [1.165, 1.54) is 19.1 Å². The molecule has 6 nitrogen and oxygen atoms in total. The standard InChI is InChI=1S/C24H23FN4O2/c1-15-14-29(9-8-27-15)19-10-18(12-26-13-19)21-5-3-4-20(24(21)31)17-6-7-23(22(25)11-17)28-16(2)30/h3-7,10-14,27,31H,8-9H2,1-2H3,(H,28,30). The van der Waals surface area contributed by atoms with Crippen LogP contribution < -0.4 is 15.5 Å². The Labute approximate surface area is 180 Å². The molecule has 1 amide bonds. The van der Waals surface area contributed by atoms with Gasteiger partial charge in [-0.05, 0) is 30.7 Å². The number of aromatic hydroxyl groups is 1. The predicted octanol–water partition coefficient (Wildman–Crippen LogP) is 4.49. The van der Waals surface area contributed by atoms with Crippen molar-refractivity contribution in [2.45, 2.75) is 13.8 Å². The molecule has 0 fully saturated rings. The molecular formula is C24H23FN4O2. The van der Waals surface area contributed by atoms with E-state index in [2.05, 4.69) is 20.5 Å². The topological polar surface area (TPSA) is 77.5 Å². The number of carbonyl (C=O) groups excluding carboxylic acids is 1. The zero-order chi connectivity index (χ0) is 22.0. The van der Waals surface area contributed by atoms with Crippen LogP contribution in [0.2, 0.25) is 0 Å². The number of phenols is 1. The van der Waals surface area contributed by atoms with Crippen molar-refractivity contribution < 1.29 is 14.3 Å². The number of para-hydroxylation sites is 1. The van der Waals surface area contributed by atoms with Gasteiger partial charge in [0.2, 0.25) is 5.91 Å². The molecule has 7 heteroatoms. The lowest BCUT2D eigenvalue weighted by Gasteiger charge is -2.27. The van der Waals surface area contributed by atoms with Gasteiger partial charge < -0.3 is 20.6 Å². The minimum absolute atomic E-state index is 0.0418. The highest BCUT2D eigenvalue weighted by Gasteiger charge is 2.15. The van der Waals surface area contributed by atoms with Crippen LogP contribution in [0.15, 0.2) is 66.8 Å². The largest absolute Gasteiger partial charge is 0.507 e. The van der Waals surface area contributed by atoms with Crippen molar-refractivity contribution in [1.82, 2.24) is 10.3 Å². The average Bonchev–Trinajstić information content (AvgIpc) is 2.75. The van der Waals surface area contributed by atoms with Crippen LogP contribution in [0.1, 0.15) is 13.8 Å². The number of hydrogen-bond acceptors (Lipinski definition) is 5. The highest BCUT2D eigenvalue weighted by atomic mass is 19.1. The highest BCUT2D eigenvalue weighted by Crippen LogP contribution is 2.39. The van der Waals surface area contributed by atoms with Gasteiger partial charge in [-0.3, -0.25) is 9.78 Å². The van der Waals surface area contributed by atoms with E-state index in [0.717, 1.165) is 30.0 Å². The van der Waals surface area contributed by atoms with Crippen LogP contribution in [-0.4, -0.2) is 29.1 Å². The van der Waals surface area contributed by atoms with Crippen molar-refractivity contribution in [3.63, 3.8) is 0 Å². The Morgan fingerprint density at radius 2 is 1.94 bits per heavy atom. The molecule has 0 radical (unpaired) electrons. The van der Waals surface area contributed by atoms with Gasteiger partial charge in [0.15, 0.2) is 0 Å². The number of nitrogens with one attached hydrogen (secondary N) is 2. The fourth-order valence-corrected chi connectivity index (χ4v) is 3.64. The van der Waals surface area contributed by atoms with Crippen LogP contribution >= 0.6 is 0 Å². The summed E-state index contributed by atoms with van der Waals surface area (Å²) in [6.07, 6.45) is 5.51. The third kappa shape index (κ3) is 4.35. The van der Waals surface area contributed by atoms with E-state index < -0.39 is 5.82 Å². The van der Waals surface area contributed by atoms with Gasteiger partial charge in [-0.25, -0.2) is 4.39 Å². The maximum absolute atomic E-state index is 14.4. The molecule has 2 aromatic carbocycles. The normalized spacial score (nSPS) is 13.4. The van der Waals surface area contributed by atoms with Crippen molar-refractivity contribution in [3.8, 4) is 28.0 Å². The van der Waals surface area contributed by atoms with Gasteiger partial charge in [0, 0.05) is 54.8 Å². The number of amides is 1. The molecule has 0 saturated heterocycles. The summed E-state index contributed by atoms with van der Waals surface area (Å²) in [5.74, 6) is -0.874. The molecule has 1 aliphatic rings. The summed E-state index contributed by atoms with van der Waals surface area (Å²) < 4.78 is 14.4. The Bertz CT molecular complexity index is 1180. The van der Waals surface area contributed by atoms with Gasteiger partial charge in [-0.15, -0.1) is 0 Å². The second kappa shape index (κ2) is 8.47. The van der Waals surface area contributed by atoms with Crippen LogP contribution in [0.25, 0.3) is 22.3 Å². The van der Waals surface area contributed by atoms with E-state index in [1.807, 2.05) is 25.3 Å². The number of pyridine rings is 1. The number of allylic oxidation sites excluding steroid dienone is 1. The number of anilines is 2. The quantitative estimate of drug-likeness (QED) is 0.582. The fourth-order valence-electron chi connectivity index (χ4n) is 3.64. The van der Waals surface area contributed by atoms with Crippen molar-refractivity contribution in [1.29, 1.82) is 0 Å². The second-order valence-electron chi connectivity index (χ2n) is 7.44. The first-order valence-corrected chi connectivity index (χ1v) is 9.96. The predicted molar refractivity (Wildman–Crippen MR) is 120 cm³/mol. The number of phenolic OH excluding ortho intramolecular Hbond substituents is 1. The summed E-state index contributed by atoms with van der Waals surface area (Å²) in [6, 6.07) is 11.8. The summed E-state index contributed by atoms with van der Waals surface area (Å²) in [4.78, 5) is 17.7. The van der Waals surface area contributed by atoms with Crippen molar-refractivity contribution in [2.24, 2.45) is 0 Å². The van der Waals surface area contributed by atoms with Crippen molar-refractivity contribution in [3.05, 3.63) is 72.6 Å². The summed E-state index contributed by atoms with van der Waals surface area (Å²) in [7, 11) is 0. The number of rotatable bonds is 4. The molecule has 4 rings (SSSR count). The summed E-state index contributed by atoms with van der Waals surface area (Å²) in [6.45, 7) is 4.99. The summed E-state index contributed by atoms with van der Waals surface area (Å²) >= 11 is 0. The lowest BCUT2D eigenvalue weighted by Crippen LogP contribution is -2.33. The Kier molecular flexibility index (Phi) is 5.58. The molecule has 1 aromatic heterocycles. The molecule has 3 aromatic rings. The third-order valence-electron chi connectivity index (χ3n) is 5.10. The van der Waals surface area contributed by atoms with Crippen LogP contribution in [0, 0.1) is 5.82 Å². The Morgan fingerprint density at radius 3 is 2.65 bits per heavy atom. The van der Waals surface area contributed by atoms with Crippen molar-refractivity contribution >= 4 is 17.3 Å². The van der Waals surface area contributed by atoms with Gasteiger partial charge in [0.05, 0.1) is 17.6 Å². The zero-order valence-electron chi connectivity index (χ0n) is 17.3. The second-order valence-corrected chi connectivity index (χ2v) is 7.44. The maximum atomic E-state index is 14.4. The molecule has 0 atom stereocenters. The Morgan fingerprint density at radius 1 is 1.16 bits per heavy atom. The monoisotopic (exact) mass is 418 g/mol. The third-order valence-corrected chi connectivity index (χ3v) is 5.10. The molecule has 0 spiro atoms. The lowest BCUT2D eigenvalue weighted by molar-refractivity contribution is -0.114. The molecule has 2 heterocycles. The number of hydrogen-bond donors (Lipinski definition) is 3. The number of aromatic nitrogens is 1. The minimum atomic E-state index is -0.568. The lowest BCUT2D eigenvalue weighted by atomic mass is 9.97. The van der Waals surface area contributed by atoms with Crippen molar-refractivity contribution in [2.75, 3.05) is 23.3 Å². The summed E-state index contributed by atoms with van der Waals surface area (Å²) in [5.41, 5.74) is 4.47. The number of nitrogens with zero attached hydrogens (tertiary/aromatic N) is 2. The number of carbonyl (C=O) groups is 1. The van der Waals surface area contributed by atoms with Crippen LogP contribution in [0.4, 0.5) is 15.8 Å². The number of halogens is 1. The van der Waals surface area contributed by atoms with Gasteiger partial charge >= 0.3 is 0 Å². The Hall–Kier alpha value is -3.87. The molecule has 0 bridgehead atoms. The van der Waals surface area contributed by atoms with E-state index in [1.54, 1.807) is 30.6 Å². The highest BCUT2D eigenvalue weighted by molar-refractivity contribution is 5.89. The summed E-state index contributed by atoms with van der Waals surface area (Å²) in [5, 5.41) is 16.7. The molecule has 31 heavy (non-hydrogen) atoms. The van der Waals surface area contributed by atoms with Gasteiger partial charge in [0.1, 0.15) is 11.6 Å². The number of benzene rings is 2. The smallest absolute Gasteiger partial charge is 0.221 e. The molecule has 0 saturated carbocycles. The van der Waals surface area contributed by atoms with Crippen LogP contribution in [0.5, 0.6) is 5.75 Å². The molecular weight excluding hydrogens is 395 g/mol. The Balaban J connectivity index is 1.70. The molecule has 0 unspecified atom stereocenters. The van der Waals surface area contributed by atoms with Gasteiger partial charge in [-0.2, -0.15) is 0 Å². The molecule has 0 aliphatic carbocycles. The molecule has 158 valence electrons. The first kappa shape index (κ1) is 20.4. The first-order chi connectivity index (χ1) is 14.9. The zero-order valence-corrected chi connectivity index (χ0v) is 17.3. The van der Waals surface area contributed by atoms with E-state index in [-0.39, 0.29) is 17.3 Å². The van der Waals surface area contributed by atoms with E-state index >= 15 is 0 Å². The van der Waals surface area contributed by atoms with E-state index in [9.17, 15) is 14.3 Å². The van der Waals surface area contributed by atoms with Crippen LogP contribution in [-0.2, 0) is 4.79 Å². The first-order valence-electron chi connectivity index (χ1n) is 9.96. The van der Waals surface area contributed by atoms with E-state index in [4.69, 9.17) is 0 Å². The molecule has 3 N–H and O–H groups in total. The average molecular weight is 418 g/mol. The fraction of sp³-hybridized carbons (Fsp3) is 0.167. The van der Waals surface area contributed by atoms with Gasteiger partial charge in [0.25, 0.3) is 0 Å². The van der Waals surface area contributed by atoms with E-state index in [0.29, 0.717) is 16.7 Å². The van der Waals surface area contributed by atoms with Gasteiger partial charge in [-0.1, -0.05) is 24.3 Å². The van der Waals surface area contributed by atoms with Crippen LogP contribution in [0.3, 0.4) is 0 Å².